The first-order valence-corrected chi connectivity index (χ1v) is 10.8. The molecule has 31 heavy (non-hydrogen) atoms. The molecule has 6 nitrogen and oxygen atoms in total. The van der Waals surface area contributed by atoms with E-state index in [2.05, 4.69) is 5.32 Å². The van der Waals surface area contributed by atoms with Crippen molar-refractivity contribution in [2.75, 3.05) is 20.8 Å². The Kier molecular flexibility index (Phi) is 9.66. The highest BCUT2D eigenvalue weighted by Crippen LogP contribution is 2.28. The van der Waals surface area contributed by atoms with Crippen LogP contribution in [0.2, 0.25) is 5.02 Å². The second-order valence-corrected chi connectivity index (χ2v) is 7.68. The molecule has 2 aromatic carbocycles. The Morgan fingerprint density at radius 2 is 1.81 bits per heavy atom. The van der Waals surface area contributed by atoms with E-state index in [0.717, 1.165) is 17.5 Å². The lowest BCUT2D eigenvalue weighted by molar-refractivity contribution is -0.140. The van der Waals surface area contributed by atoms with E-state index in [9.17, 15) is 9.59 Å². The molecule has 0 unspecified atom stereocenters. The van der Waals surface area contributed by atoms with Gasteiger partial charge in [0.05, 0.1) is 14.2 Å². The van der Waals surface area contributed by atoms with Gasteiger partial charge in [-0.1, -0.05) is 42.8 Å². The van der Waals surface area contributed by atoms with Crippen molar-refractivity contribution in [3.8, 4) is 11.5 Å². The van der Waals surface area contributed by atoms with E-state index >= 15 is 0 Å². The fraction of sp³-hybridized carbons (Fsp3) is 0.417. The number of methoxy groups -OCH3 is 2. The molecule has 7 heteroatoms. The molecule has 0 spiro atoms. The maximum absolute atomic E-state index is 13.2. The van der Waals surface area contributed by atoms with Crippen molar-refractivity contribution in [3.63, 3.8) is 0 Å². The number of halogens is 1. The van der Waals surface area contributed by atoms with E-state index in [1.54, 1.807) is 32.1 Å². The molecular weight excluding hydrogens is 416 g/mol. The first-order valence-electron chi connectivity index (χ1n) is 10.4. The van der Waals surface area contributed by atoms with E-state index in [1.807, 2.05) is 43.3 Å². The minimum Gasteiger partial charge on any atom is -0.493 e. The summed E-state index contributed by atoms with van der Waals surface area (Å²) in [5.74, 6) is 0.967. The predicted molar refractivity (Wildman–Crippen MR) is 123 cm³/mol. The number of rotatable bonds is 11. The summed E-state index contributed by atoms with van der Waals surface area (Å²) in [7, 11) is 3.16. The quantitative estimate of drug-likeness (QED) is 0.560. The second-order valence-electron chi connectivity index (χ2n) is 7.27. The highest BCUT2D eigenvalue weighted by atomic mass is 35.5. The molecule has 0 aliphatic heterocycles. The predicted octanol–water partition coefficient (Wildman–Crippen LogP) is 4.23. The molecule has 0 heterocycles. The van der Waals surface area contributed by atoms with Gasteiger partial charge in [0, 0.05) is 24.5 Å². The molecule has 0 aliphatic carbocycles. The number of hydrogen-bond acceptors (Lipinski definition) is 4. The number of ether oxygens (including phenoxy) is 2. The van der Waals surface area contributed by atoms with Gasteiger partial charge >= 0.3 is 0 Å². The SMILES string of the molecule is CCCNC(=O)[C@H](C)N(Cc1ccccc1Cl)C(=O)CCc1ccc(OC)c(OC)c1. The van der Waals surface area contributed by atoms with Gasteiger partial charge in [-0.05, 0) is 49.1 Å². The molecule has 0 bridgehead atoms. The van der Waals surface area contributed by atoms with Gasteiger partial charge in [0.1, 0.15) is 6.04 Å². The summed E-state index contributed by atoms with van der Waals surface area (Å²) in [5.41, 5.74) is 1.76. The standard InChI is InChI=1S/C24H31ClN2O4/c1-5-14-26-24(29)17(2)27(16-19-8-6-7-9-20(19)25)23(28)13-11-18-10-12-21(30-3)22(15-18)31-4/h6-10,12,15,17H,5,11,13-14,16H2,1-4H3,(H,26,29)/t17-/m0/s1. The highest BCUT2D eigenvalue weighted by Gasteiger charge is 2.26. The Labute approximate surface area is 189 Å². The number of nitrogens with one attached hydrogen (secondary N) is 1. The van der Waals surface area contributed by atoms with Crippen LogP contribution in [0.4, 0.5) is 0 Å². The van der Waals surface area contributed by atoms with Crippen molar-refractivity contribution in [2.45, 2.75) is 45.7 Å². The van der Waals surface area contributed by atoms with Crippen LogP contribution in [0.25, 0.3) is 0 Å². The average molecular weight is 447 g/mol. The number of benzene rings is 2. The lowest BCUT2D eigenvalue weighted by atomic mass is 10.1. The van der Waals surface area contributed by atoms with Gasteiger partial charge in [-0.25, -0.2) is 0 Å². The van der Waals surface area contributed by atoms with Gasteiger partial charge in [0.15, 0.2) is 11.5 Å². The summed E-state index contributed by atoms with van der Waals surface area (Å²) in [6, 6.07) is 12.3. The van der Waals surface area contributed by atoms with E-state index < -0.39 is 6.04 Å². The van der Waals surface area contributed by atoms with Crippen LogP contribution in [-0.2, 0) is 22.6 Å². The molecule has 2 amide bonds. The van der Waals surface area contributed by atoms with Gasteiger partial charge in [-0.15, -0.1) is 0 Å². The third-order valence-electron chi connectivity index (χ3n) is 5.09. The fourth-order valence-corrected chi connectivity index (χ4v) is 3.42. The van der Waals surface area contributed by atoms with Crippen molar-refractivity contribution in [3.05, 3.63) is 58.6 Å². The van der Waals surface area contributed by atoms with Crippen LogP contribution in [0.1, 0.15) is 37.8 Å². The second kappa shape index (κ2) is 12.2. The third kappa shape index (κ3) is 6.89. The van der Waals surface area contributed by atoms with E-state index in [0.29, 0.717) is 29.5 Å². The number of aryl methyl sites for hydroxylation is 1. The molecule has 1 N–H and O–H groups in total. The minimum absolute atomic E-state index is 0.117. The number of hydrogen-bond donors (Lipinski definition) is 1. The molecule has 0 radical (unpaired) electrons. The van der Waals surface area contributed by atoms with Crippen molar-refractivity contribution in [2.24, 2.45) is 0 Å². The summed E-state index contributed by atoms with van der Waals surface area (Å²) >= 11 is 6.31. The molecule has 0 aliphatic rings. The summed E-state index contributed by atoms with van der Waals surface area (Å²) in [4.78, 5) is 27.3. The van der Waals surface area contributed by atoms with Crippen LogP contribution in [0, 0.1) is 0 Å². The van der Waals surface area contributed by atoms with Gasteiger partial charge in [0.25, 0.3) is 0 Å². The topological polar surface area (TPSA) is 67.9 Å². The van der Waals surface area contributed by atoms with Crippen LogP contribution < -0.4 is 14.8 Å². The zero-order valence-corrected chi connectivity index (χ0v) is 19.4. The van der Waals surface area contributed by atoms with Crippen molar-refractivity contribution in [1.82, 2.24) is 10.2 Å². The Morgan fingerprint density at radius 1 is 1.10 bits per heavy atom. The largest absolute Gasteiger partial charge is 0.493 e. The average Bonchev–Trinajstić information content (AvgIpc) is 2.79. The Balaban J connectivity index is 2.17. The normalized spacial score (nSPS) is 11.5. The summed E-state index contributed by atoms with van der Waals surface area (Å²) in [5, 5.41) is 3.44. The molecule has 168 valence electrons. The number of amides is 2. The van der Waals surface area contributed by atoms with Crippen LogP contribution >= 0.6 is 11.6 Å². The van der Waals surface area contributed by atoms with Crippen LogP contribution in [-0.4, -0.2) is 43.5 Å². The Morgan fingerprint density at radius 3 is 2.45 bits per heavy atom. The van der Waals surface area contributed by atoms with Crippen molar-refractivity contribution in [1.29, 1.82) is 0 Å². The molecule has 0 fully saturated rings. The summed E-state index contributed by atoms with van der Waals surface area (Å²) in [6.07, 6.45) is 1.60. The Hall–Kier alpha value is -2.73. The molecule has 0 saturated heterocycles. The Bertz CT molecular complexity index is 888. The number of nitrogens with zero attached hydrogens (tertiary/aromatic N) is 1. The smallest absolute Gasteiger partial charge is 0.242 e. The zero-order valence-electron chi connectivity index (χ0n) is 18.6. The number of carbonyl (C=O) groups excluding carboxylic acids is 2. The van der Waals surface area contributed by atoms with Gasteiger partial charge < -0.3 is 19.7 Å². The monoisotopic (exact) mass is 446 g/mol. The van der Waals surface area contributed by atoms with Crippen molar-refractivity contribution >= 4 is 23.4 Å². The van der Waals surface area contributed by atoms with Crippen LogP contribution in [0.5, 0.6) is 11.5 Å². The minimum atomic E-state index is -0.610. The van der Waals surface area contributed by atoms with E-state index in [1.165, 1.54) is 0 Å². The van der Waals surface area contributed by atoms with Gasteiger partial charge in [-0.3, -0.25) is 9.59 Å². The highest BCUT2D eigenvalue weighted by molar-refractivity contribution is 6.31. The maximum atomic E-state index is 13.2. The lowest BCUT2D eigenvalue weighted by Gasteiger charge is -2.29. The molecule has 0 aromatic heterocycles. The first-order chi connectivity index (χ1) is 14.9. The van der Waals surface area contributed by atoms with E-state index in [-0.39, 0.29) is 24.8 Å². The molecule has 0 saturated carbocycles. The zero-order chi connectivity index (χ0) is 22.8. The van der Waals surface area contributed by atoms with Crippen LogP contribution in [0.15, 0.2) is 42.5 Å². The third-order valence-corrected chi connectivity index (χ3v) is 5.46. The summed E-state index contributed by atoms with van der Waals surface area (Å²) < 4.78 is 10.6. The molecule has 2 aromatic rings. The maximum Gasteiger partial charge on any atom is 0.242 e. The van der Waals surface area contributed by atoms with Crippen molar-refractivity contribution < 1.29 is 19.1 Å². The first kappa shape index (κ1) is 24.5. The molecule has 1 atom stereocenters. The molecule has 2 rings (SSSR count). The van der Waals surface area contributed by atoms with Gasteiger partial charge in [-0.2, -0.15) is 0 Å². The fourth-order valence-electron chi connectivity index (χ4n) is 3.22. The van der Waals surface area contributed by atoms with E-state index in [4.69, 9.17) is 21.1 Å². The molecular formula is C24H31ClN2O4. The number of carbonyl (C=O) groups is 2. The van der Waals surface area contributed by atoms with Gasteiger partial charge in [0.2, 0.25) is 11.8 Å². The summed E-state index contributed by atoms with van der Waals surface area (Å²) in [6.45, 7) is 4.57. The van der Waals surface area contributed by atoms with Crippen LogP contribution in [0.3, 0.4) is 0 Å². The lowest BCUT2D eigenvalue weighted by Crippen LogP contribution is -2.47.